The van der Waals surface area contributed by atoms with E-state index in [1.807, 2.05) is 31.2 Å². The third-order valence-corrected chi connectivity index (χ3v) is 3.82. The van der Waals surface area contributed by atoms with Crippen molar-refractivity contribution in [3.63, 3.8) is 0 Å². The molecule has 0 bridgehead atoms. The zero-order valence-corrected chi connectivity index (χ0v) is 12.7. The summed E-state index contributed by atoms with van der Waals surface area (Å²) in [5.74, 6) is 0.634. The average molecular weight is 287 g/mol. The maximum Gasteiger partial charge on any atom is 0.169 e. The lowest BCUT2D eigenvalue weighted by atomic mass is 10.0. The van der Waals surface area contributed by atoms with E-state index in [1.165, 1.54) is 0 Å². The molecular weight excluding hydrogens is 270 g/mol. The van der Waals surface area contributed by atoms with Crippen LogP contribution >= 0.6 is 11.3 Å². The van der Waals surface area contributed by atoms with E-state index >= 15 is 0 Å². The van der Waals surface area contributed by atoms with Gasteiger partial charge in [0, 0.05) is 12.4 Å². The van der Waals surface area contributed by atoms with Gasteiger partial charge in [-0.25, -0.2) is 4.98 Å². The van der Waals surface area contributed by atoms with Crippen LogP contribution in [0.15, 0.2) is 10.9 Å². The van der Waals surface area contributed by atoms with E-state index in [4.69, 9.17) is 0 Å². The van der Waals surface area contributed by atoms with E-state index in [0.717, 1.165) is 29.8 Å². The number of aromatic nitrogens is 3. The molecule has 20 heavy (non-hydrogen) atoms. The Kier molecular flexibility index (Phi) is 4.64. The van der Waals surface area contributed by atoms with Crippen LogP contribution in [0.5, 0.6) is 0 Å². The van der Waals surface area contributed by atoms with Crippen molar-refractivity contribution in [2.24, 2.45) is 0 Å². The van der Waals surface area contributed by atoms with Gasteiger partial charge in [0.15, 0.2) is 5.82 Å². The molecule has 2 rings (SSSR count). The van der Waals surface area contributed by atoms with Crippen molar-refractivity contribution in [3.05, 3.63) is 33.4 Å². The molecule has 0 saturated carbocycles. The lowest BCUT2D eigenvalue weighted by Gasteiger charge is -2.19. The molecule has 0 aromatic carbocycles. The van der Waals surface area contributed by atoms with E-state index in [2.05, 4.69) is 21.3 Å². The Morgan fingerprint density at radius 3 is 2.65 bits per heavy atom. The van der Waals surface area contributed by atoms with Crippen LogP contribution in [0.2, 0.25) is 0 Å². The largest absolute Gasteiger partial charge is 0.351 e. The fourth-order valence-corrected chi connectivity index (χ4v) is 2.73. The fraction of sp³-hybridized carbons (Fsp3) is 0.429. The van der Waals surface area contributed by atoms with Crippen molar-refractivity contribution in [1.29, 1.82) is 5.26 Å². The summed E-state index contributed by atoms with van der Waals surface area (Å²) >= 11 is 1.56. The number of anilines is 1. The van der Waals surface area contributed by atoms with Gasteiger partial charge in [-0.1, -0.05) is 13.8 Å². The number of nitriles is 1. The molecule has 2 aromatic heterocycles. The minimum atomic E-state index is 0.626. The lowest BCUT2D eigenvalue weighted by molar-refractivity contribution is 0.811. The van der Waals surface area contributed by atoms with Crippen molar-refractivity contribution >= 4 is 17.2 Å². The summed E-state index contributed by atoms with van der Waals surface area (Å²) in [5, 5.41) is 20.0. The number of thiazole rings is 1. The van der Waals surface area contributed by atoms with Gasteiger partial charge in [-0.3, -0.25) is 0 Å². The first kappa shape index (κ1) is 14.4. The van der Waals surface area contributed by atoms with E-state index in [0.29, 0.717) is 17.9 Å². The molecule has 2 heterocycles. The summed E-state index contributed by atoms with van der Waals surface area (Å²) in [5.41, 5.74) is 5.33. The molecule has 0 aliphatic rings. The first-order valence-corrected chi connectivity index (χ1v) is 7.52. The topological polar surface area (TPSA) is 65.7 Å². The predicted molar refractivity (Wildman–Crippen MR) is 79.7 cm³/mol. The third-order valence-electron chi connectivity index (χ3n) is 3.18. The van der Waals surface area contributed by atoms with Gasteiger partial charge >= 0.3 is 0 Å². The minimum absolute atomic E-state index is 0.626. The SMILES string of the molecule is CCc1nnc(N(C)Cc2cscn2)c(C#N)c1CC. The molecule has 0 radical (unpaired) electrons. The second-order valence-electron chi connectivity index (χ2n) is 4.48. The Morgan fingerprint density at radius 2 is 2.10 bits per heavy atom. The third kappa shape index (κ3) is 2.78. The van der Waals surface area contributed by atoms with Crippen molar-refractivity contribution < 1.29 is 0 Å². The Morgan fingerprint density at radius 1 is 1.30 bits per heavy atom. The number of hydrogen-bond donors (Lipinski definition) is 0. The molecule has 104 valence electrons. The van der Waals surface area contributed by atoms with Gasteiger partial charge in [0.1, 0.15) is 11.6 Å². The van der Waals surface area contributed by atoms with Crippen molar-refractivity contribution in [2.75, 3.05) is 11.9 Å². The van der Waals surface area contributed by atoms with Gasteiger partial charge in [-0.15, -0.1) is 16.4 Å². The summed E-state index contributed by atoms with van der Waals surface area (Å²) in [7, 11) is 1.91. The van der Waals surface area contributed by atoms with Gasteiger partial charge in [-0.2, -0.15) is 10.4 Å². The van der Waals surface area contributed by atoms with Crippen LogP contribution in [0.25, 0.3) is 0 Å². The molecule has 0 unspecified atom stereocenters. The zero-order valence-electron chi connectivity index (χ0n) is 11.9. The molecule has 0 fully saturated rings. The van der Waals surface area contributed by atoms with Crippen LogP contribution in [0.1, 0.15) is 36.4 Å². The molecule has 0 aliphatic heterocycles. The fourth-order valence-electron chi connectivity index (χ4n) is 2.18. The van der Waals surface area contributed by atoms with E-state index in [1.54, 1.807) is 16.8 Å². The highest BCUT2D eigenvalue weighted by Crippen LogP contribution is 2.23. The monoisotopic (exact) mass is 287 g/mol. The first-order valence-electron chi connectivity index (χ1n) is 6.57. The molecule has 0 N–H and O–H groups in total. The highest BCUT2D eigenvalue weighted by Gasteiger charge is 2.17. The predicted octanol–water partition coefficient (Wildman–Crippen LogP) is 2.57. The van der Waals surface area contributed by atoms with Crippen LogP contribution in [-0.2, 0) is 19.4 Å². The molecule has 0 atom stereocenters. The van der Waals surface area contributed by atoms with E-state index < -0.39 is 0 Å². The molecular formula is C14H17N5S. The molecule has 5 nitrogen and oxygen atoms in total. The molecule has 2 aromatic rings. The molecule has 0 saturated heterocycles. The zero-order chi connectivity index (χ0) is 14.5. The van der Waals surface area contributed by atoms with Crippen molar-refractivity contribution in [3.8, 4) is 6.07 Å². The second-order valence-corrected chi connectivity index (χ2v) is 5.20. The number of nitrogens with zero attached hydrogens (tertiary/aromatic N) is 5. The standard InChI is InChI=1S/C14H17N5S/c1-4-11-12(6-15)14(18-17-13(11)5-2)19(3)7-10-8-20-9-16-10/h8-9H,4-5,7H2,1-3H3. The Labute approximate surface area is 122 Å². The van der Waals surface area contributed by atoms with Crippen LogP contribution < -0.4 is 4.90 Å². The highest BCUT2D eigenvalue weighted by molar-refractivity contribution is 7.07. The summed E-state index contributed by atoms with van der Waals surface area (Å²) in [4.78, 5) is 6.19. The maximum atomic E-state index is 9.47. The normalized spacial score (nSPS) is 10.3. The van der Waals surface area contributed by atoms with Gasteiger partial charge in [0.05, 0.1) is 23.4 Å². The van der Waals surface area contributed by atoms with Crippen molar-refractivity contribution in [2.45, 2.75) is 33.2 Å². The highest BCUT2D eigenvalue weighted by atomic mass is 32.1. The summed E-state index contributed by atoms with van der Waals surface area (Å²) in [6.07, 6.45) is 1.58. The van der Waals surface area contributed by atoms with Gasteiger partial charge in [0.2, 0.25) is 0 Å². The molecule has 0 aliphatic carbocycles. The van der Waals surface area contributed by atoms with Gasteiger partial charge in [-0.05, 0) is 18.4 Å². The summed E-state index contributed by atoms with van der Waals surface area (Å²) in [6, 6.07) is 2.29. The Hall–Kier alpha value is -2.00. The van der Waals surface area contributed by atoms with E-state index in [9.17, 15) is 5.26 Å². The van der Waals surface area contributed by atoms with Gasteiger partial charge < -0.3 is 4.90 Å². The Balaban J connectivity index is 2.38. The van der Waals surface area contributed by atoms with Crippen LogP contribution in [-0.4, -0.2) is 22.2 Å². The number of hydrogen-bond acceptors (Lipinski definition) is 6. The molecule has 6 heteroatoms. The smallest absolute Gasteiger partial charge is 0.169 e. The number of aryl methyl sites for hydroxylation is 1. The van der Waals surface area contributed by atoms with Gasteiger partial charge in [0.25, 0.3) is 0 Å². The van der Waals surface area contributed by atoms with Crippen molar-refractivity contribution in [1.82, 2.24) is 15.2 Å². The molecule has 0 spiro atoms. The number of rotatable bonds is 5. The lowest BCUT2D eigenvalue weighted by Crippen LogP contribution is -2.21. The van der Waals surface area contributed by atoms with Crippen LogP contribution in [0.4, 0.5) is 5.82 Å². The first-order chi connectivity index (χ1) is 9.71. The second kappa shape index (κ2) is 6.44. The summed E-state index contributed by atoms with van der Waals surface area (Å²) < 4.78 is 0. The average Bonchev–Trinajstić information content (AvgIpc) is 2.98. The van der Waals surface area contributed by atoms with Crippen LogP contribution in [0, 0.1) is 11.3 Å². The Bertz CT molecular complexity index is 615. The minimum Gasteiger partial charge on any atom is -0.351 e. The quantitative estimate of drug-likeness (QED) is 0.845. The summed E-state index contributed by atoms with van der Waals surface area (Å²) in [6.45, 7) is 4.70. The maximum absolute atomic E-state index is 9.47. The molecule has 0 amide bonds. The van der Waals surface area contributed by atoms with E-state index in [-0.39, 0.29) is 0 Å². The van der Waals surface area contributed by atoms with Crippen LogP contribution in [0.3, 0.4) is 0 Å².